The van der Waals surface area contributed by atoms with Crippen molar-refractivity contribution in [2.45, 2.75) is 6.54 Å². The molecule has 1 heterocycles. The van der Waals surface area contributed by atoms with Crippen LogP contribution in [0.1, 0.15) is 5.69 Å². The van der Waals surface area contributed by atoms with Gasteiger partial charge in [-0.15, -0.1) is 0 Å². The molecule has 82 valence electrons. The Labute approximate surface area is 107 Å². The Morgan fingerprint density at radius 3 is 2.88 bits per heavy atom. The molecule has 0 fully saturated rings. The fraction of sp³-hybridized carbons (Fsp3) is 0.0909. The summed E-state index contributed by atoms with van der Waals surface area (Å²) in [7, 11) is 0. The standard InChI is InChI=1S/C11H9BrClN3/c12-10-5-8(13)1-2-11(10)15-6-9-3-4-14-7-16-9/h1-5,7,15H,6H2. The summed E-state index contributed by atoms with van der Waals surface area (Å²) in [6.07, 6.45) is 3.26. The summed E-state index contributed by atoms with van der Waals surface area (Å²) in [4.78, 5) is 7.99. The minimum Gasteiger partial charge on any atom is -0.378 e. The van der Waals surface area contributed by atoms with Crippen molar-refractivity contribution in [2.24, 2.45) is 0 Å². The lowest BCUT2D eigenvalue weighted by molar-refractivity contribution is 1.01. The highest BCUT2D eigenvalue weighted by Crippen LogP contribution is 2.26. The van der Waals surface area contributed by atoms with Crippen molar-refractivity contribution >= 4 is 33.2 Å². The highest BCUT2D eigenvalue weighted by atomic mass is 79.9. The van der Waals surface area contributed by atoms with E-state index in [0.29, 0.717) is 11.6 Å². The minimum absolute atomic E-state index is 0.656. The van der Waals surface area contributed by atoms with E-state index < -0.39 is 0 Å². The van der Waals surface area contributed by atoms with Crippen molar-refractivity contribution in [2.75, 3.05) is 5.32 Å². The van der Waals surface area contributed by atoms with Crippen molar-refractivity contribution in [3.8, 4) is 0 Å². The molecule has 0 atom stereocenters. The molecule has 0 amide bonds. The van der Waals surface area contributed by atoms with Gasteiger partial charge in [0.25, 0.3) is 0 Å². The maximum Gasteiger partial charge on any atom is 0.115 e. The van der Waals surface area contributed by atoms with Crippen LogP contribution in [0.25, 0.3) is 0 Å². The van der Waals surface area contributed by atoms with Crippen LogP contribution >= 0.6 is 27.5 Å². The molecule has 0 saturated carbocycles. The fourth-order valence-electron chi connectivity index (χ4n) is 1.24. The summed E-state index contributed by atoms with van der Waals surface area (Å²) in [6, 6.07) is 7.49. The van der Waals surface area contributed by atoms with Gasteiger partial charge in [0.15, 0.2) is 0 Å². The molecule has 5 heteroatoms. The molecular weight excluding hydrogens is 289 g/mol. The van der Waals surface area contributed by atoms with Crippen LogP contribution in [0.3, 0.4) is 0 Å². The topological polar surface area (TPSA) is 37.8 Å². The molecule has 1 N–H and O–H groups in total. The Bertz CT molecular complexity index is 476. The maximum atomic E-state index is 5.86. The number of nitrogens with zero attached hydrogens (tertiary/aromatic N) is 2. The van der Waals surface area contributed by atoms with Gasteiger partial charge in [0.05, 0.1) is 12.2 Å². The van der Waals surface area contributed by atoms with Crippen molar-refractivity contribution in [1.82, 2.24) is 9.97 Å². The van der Waals surface area contributed by atoms with Crippen LogP contribution in [-0.4, -0.2) is 9.97 Å². The van der Waals surface area contributed by atoms with Crippen molar-refractivity contribution < 1.29 is 0 Å². The first-order valence-electron chi connectivity index (χ1n) is 4.69. The summed E-state index contributed by atoms with van der Waals surface area (Å²) in [5.74, 6) is 0. The van der Waals surface area contributed by atoms with E-state index >= 15 is 0 Å². The van der Waals surface area contributed by atoms with Gasteiger partial charge in [-0.25, -0.2) is 9.97 Å². The molecule has 0 saturated heterocycles. The Morgan fingerprint density at radius 1 is 1.31 bits per heavy atom. The molecule has 1 aromatic heterocycles. The van der Waals surface area contributed by atoms with Gasteiger partial charge in [-0.1, -0.05) is 11.6 Å². The second kappa shape index (κ2) is 5.27. The number of hydrogen-bond acceptors (Lipinski definition) is 3. The second-order valence-electron chi connectivity index (χ2n) is 3.18. The zero-order valence-corrected chi connectivity index (χ0v) is 10.7. The average Bonchev–Trinajstić information content (AvgIpc) is 2.29. The highest BCUT2D eigenvalue weighted by Gasteiger charge is 2.00. The van der Waals surface area contributed by atoms with Gasteiger partial charge >= 0.3 is 0 Å². The zero-order chi connectivity index (χ0) is 11.4. The third-order valence-corrected chi connectivity index (χ3v) is 2.93. The van der Waals surface area contributed by atoms with Gasteiger partial charge in [0, 0.05) is 21.4 Å². The van der Waals surface area contributed by atoms with Crippen molar-refractivity contribution in [3.63, 3.8) is 0 Å². The monoisotopic (exact) mass is 297 g/mol. The van der Waals surface area contributed by atoms with Crippen LogP contribution in [0.5, 0.6) is 0 Å². The van der Waals surface area contributed by atoms with E-state index in [1.807, 2.05) is 24.3 Å². The number of halogens is 2. The Balaban J connectivity index is 2.05. The molecular formula is C11H9BrClN3. The van der Waals surface area contributed by atoms with Crippen LogP contribution in [-0.2, 0) is 6.54 Å². The molecule has 0 aliphatic heterocycles. The van der Waals surface area contributed by atoms with Gasteiger partial charge in [-0.2, -0.15) is 0 Å². The first-order chi connectivity index (χ1) is 7.75. The van der Waals surface area contributed by atoms with Gasteiger partial charge < -0.3 is 5.32 Å². The highest BCUT2D eigenvalue weighted by molar-refractivity contribution is 9.10. The van der Waals surface area contributed by atoms with E-state index in [0.717, 1.165) is 15.9 Å². The molecule has 16 heavy (non-hydrogen) atoms. The predicted octanol–water partition coefficient (Wildman–Crippen LogP) is 3.50. The van der Waals surface area contributed by atoms with Crippen molar-refractivity contribution in [1.29, 1.82) is 0 Å². The van der Waals surface area contributed by atoms with Gasteiger partial charge in [-0.3, -0.25) is 0 Å². The van der Waals surface area contributed by atoms with E-state index in [9.17, 15) is 0 Å². The number of benzene rings is 1. The van der Waals surface area contributed by atoms with Gasteiger partial charge in [-0.05, 0) is 40.2 Å². The lowest BCUT2D eigenvalue weighted by Crippen LogP contribution is -2.01. The number of anilines is 1. The molecule has 0 radical (unpaired) electrons. The van der Waals surface area contributed by atoms with Crippen LogP contribution in [0, 0.1) is 0 Å². The van der Waals surface area contributed by atoms with Crippen molar-refractivity contribution in [3.05, 3.63) is 52.0 Å². The van der Waals surface area contributed by atoms with Gasteiger partial charge in [0.1, 0.15) is 6.33 Å². The molecule has 3 nitrogen and oxygen atoms in total. The Hall–Kier alpha value is -1.13. The van der Waals surface area contributed by atoms with Crippen LogP contribution in [0.2, 0.25) is 5.02 Å². The maximum absolute atomic E-state index is 5.86. The molecule has 0 unspecified atom stereocenters. The largest absolute Gasteiger partial charge is 0.378 e. The van der Waals surface area contributed by atoms with E-state index in [2.05, 4.69) is 31.2 Å². The van der Waals surface area contributed by atoms with E-state index in [4.69, 9.17) is 11.6 Å². The van der Waals surface area contributed by atoms with Gasteiger partial charge in [0.2, 0.25) is 0 Å². The van der Waals surface area contributed by atoms with E-state index in [1.165, 1.54) is 6.33 Å². The second-order valence-corrected chi connectivity index (χ2v) is 4.47. The average molecular weight is 299 g/mol. The molecule has 0 aliphatic carbocycles. The number of nitrogens with one attached hydrogen (secondary N) is 1. The van der Waals surface area contributed by atoms with E-state index in [-0.39, 0.29) is 0 Å². The normalized spacial score (nSPS) is 10.1. The SMILES string of the molecule is Clc1ccc(NCc2ccncn2)c(Br)c1. The molecule has 1 aromatic carbocycles. The first-order valence-corrected chi connectivity index (χ1v) is 5.86. The Morgan fingerprint density at radius 2 is 2.19 bits per heavy atom. The zero-order valence-electron chi connectivity index (χ0n) is 8.32. The lowest BCUT2D eigenvalue weighted by atomic mass is 10.3. The molecule has 0 aliphatic rings. The summed E-state index contributed by atoms with van der Waals surface area (Å²) >= 11 is 9.30. The smallest absolute Gasteiger partial charge is 0.115 e. The third-order valence-electron chi connectivity index (χ3n) is 2.03. The number of hydrogen-bond donors (Lipinski definition) is 1. The Kier molecular flexibility index (Phi) is 3.74. The van der Waals surface area contributed by atoms with Crippen LogP contribution in [0.15, 0.2) is 41.3 Å². The van der Waals surface area contributed by atoms with Crippen LogP contribution in [0.4, 0.5) is 5.69 Å². The lowest BCUT2D eigenvalue weighted by Gasteiger charge is -2.07. The summed E-state index contributed by atoms with van der Waals surface area (Å²) in [5, 5.41) is 3.97. The number of rotatable bonds is 3. The third kappa shape index (κ3) is 2.93. The van der Waals surface area contributed by atoms with E-state index in [1.54, 1.807) is 6.20 Å². The summed E-state index contributed by atoms with van der Waals surface area (Å²) < 4.78 is 0.939. The quantitative estimate of drug-likeness (QED) is 0.942. The molecule has 0 spiro atoms. The summed E-state index contributed by atoms with van der Waals surface area (Å²) in [5.41, 5.74) is 1.93. The molecule has 2 aromatic rings. The minimum atomic E-state index is 0.656. The number of aromatic nitrogens is 2. The molecule has 2 rings (SSSR count). The predicted molar refractivity (Wildman–Crippen MR) is 68.5 cm³/mol. The van der Waals surface area contributed by atoms with Crippen LogP contribution < -0.4 is 5.32 Å². The fourth-order valence-corrected chi connectivity index (χ4v) is 2.06. The first kappa shape index (κ1) is 11.4. The molecule has 0 bridgehead atoms. The summed E-state index contributed by atoms with van der Waals surface area (Å²) in [6.45, 7) is 0.656.